The van der Waals surface area contributed by atoms with Crippen molar-refractivity contribution in [1.82, 2.24) is 14.9 Å². The van der Waals surface area contributed by atoms with E-state index in [1.807, 2.05) is 24.8 Å². The van der Waals surface area contributed by atoms with Crippen molar-refractivity contribution in [2.75, 3.05) is 42.9 Å². The maximum absolute atomic E-state index is 13.1. The van der Waals surface area contributed by atoms with Crippen LogP contribution in [-0.2, 0) is 6.18 Å². The first-order valence-corrected chi connectivity index (χ1v) is 9.57. The summed E-state index contributed by atoms with van der Waals surface area (Å²) in [6, 6.07) is 5.11. The third kappa shape index (κ3) is 4.90. The van der Waals surface area contributed by atoms with Crippen molar-refractivity contribution in [3.63, 3.8) is 0 Å². The van der Waals surface area contributed by atoms with E-state index in [1.165, 1.54) is 6.07 Å². The third-order valence-corrected chi connectivity index (χ3v) is 4.91. The van der Waals surface area contributed by atoms with Crippen molar-refractivity contribution >= 4 is 29.3 Å². The zero-order valence-electron chi connectivity index (χ0n) is 16.1. The Balaban J connectivity index is 1.70. The average molecular weight is 428 g/mol. The number of aromatic nitrogens is 2. The van der Waals surface area contributed by atoms with E-state index in [0.29, 0.717) is 38.7 Å². The van der Waals surface area contributed by atoms with Gasteiger partial charge in [-0.1, -0.05) is 11.6 Å². The van der Waals surface area contributed by atoms with Gasteiger partial charge in [-0.25, -0.2) is 4.98 Å². The number of carbonyl (C=O) groups is 1. The zero-order chi connectivity index (χ0) is 21.2. The number of benzene rings is 1. The van der Waals surface area contributed by atoms with Crippen LogP contribution in [0.2, 0.25) is 5.02 Å². The fraction of sp³-hybridized carbons (Fsp3) is 0.421. The van der Waals surface area contributed by atoms with Crippen LogP contribution in [0.1, 0.15) is 28.5 Å². The van der Waals surface area contributed by atoms with Gasteiger partial charge in [-0.3, -0.25) is 4.79 Å². The Labute approximate surface area is 171 Å². The Morgan fingerprint density at radius 2 is 1.86 bits per heavy atom. The summed E-state index contributed by atoms with van der Waals surface area (Å²) in [5, 5.41) is 2.66. The lowest BCUT2D eigenvalue weighted by atomic mass is 10.1. The van der Waals surface area contributed by atoms with Crippen LogP contribution in [0.4, 0.5) is 24.9 Å². The molecular formula is C19H21ClF3N5O. The molecular weight excluding hydrogens is 407 g/mol. The van der Waals surface area contributed by atoms with E-state index in [4.69, 9.17) is 11.6 Å². The van der Waals surface area contributed by atoms with Gasteiger partial charge in [0.05, 0.1) is 10.6 Å². The minimum atomic E-state index is -4.61. The topological polar surface area (TPSA) is 61.4 Å². The molecule has 0 unspecified atom stereocenters. The molecule has 3 rings (SSSR count). The van der Waals surface area contributed by atoms with E-state index < -0.39 is 22.7 Å². The Morgan fingerprint density at radius 3 is 2.48 bits per heavy atom. The quantitative estimate of drug-likeness (QED) is 0.803. The molecule has 1 saturated heterocycles. The SMILES string of the molecule is CCNc1nc(C)cc(N2CCN(C(=O)c3ccc(Cl)c(C(F)(F)F)c3)CC2)n1. The number of amides is 1. The normalized spacial score (nSPS) is 14.8. The second-order valence-corrected chi connectivity index (χ2v) is 7.10. The smallest absolute Gasteiger partial charge is 0.354 e. The lowest BCUT2D eigenvalue weighted by Gasteiger charge is -2.35. The summed E-state index contributed by atoms with van der Waals surface area (Å²) in [6.07, 6.45) is -4.61. The van der Waals surface area contributed by atoms with Crippen LogP contribution in [0.15, 0.2) is 24.3 Å². The van der Waals surface area contributed by atoms with E-state index in [1.54, 1.807) is 4.90 Å². The summed E-state index contributed by atoms with van der Waals surface area (Å²) in [6.45, 7) is 6.33. The first kappa shape index (κ1) is 21.2. The maximum atomic E-state index is 13.1. The number of halogens is 4. The second kappa shape index (κ2) is 8.44. The van der Waals surface area contributed by atoms with Gasteiger partial charge >= 0.3 is 6.18 Å². The molecule has 1 aliphatic rings. The lowest BCUT2D eigenvalue weighted by molar-refractivity contribution is -0.137. The van der Waals surface area contributed by atoms with Crippen LogP contribution in [0.3, 0.4) is 0 Å². The van der Waals surface area contributed by atoms with Gasteiger partial charge in [-0.2, -0.15) is 18.2 Å². The molecule has 1 N–H and O–H groups in total. The first-order chi connectivity index (χ1) is 13.7. The summed E-state index contributed by atoms with van der Waals surface area (Å²) in [5.41, 5.74) is -0.205. The molecule has 0 spiro atoms. The average Bonchev–Trinajstić information content (AvgIpc) is 2.67. The van der Waals surface area contributed by atoms with Gasteiger partial charge in [0.15, 0.2) is 0 Å². The minimum absolute atomic E-state index is 0.0255. The van der Waals surface area contributed by atoms with Gasteiger partial charge in [-0.05, 0) is 32.0 Å². The van der Waals surface area contributed by atoms with Crippen LogP contribution in [0.25, 0.3) is 0 Å². The highest BCUT2D eigenvalue weighted by molar-refractivity contribution is 6.31. The summed E-state index contributed by atoms with van der Waals surface area (Å²) >= 11 is 5.64. The number of carbonyl (C=O) groups excluding carboxylic acids is 1. The fourth-order valence-electron chi connectivity index (χ4n) is 3.15. The molecule has 156 valence electrons. The predicted molar refractivity (Wildman–Crippen MR) is 106 cm³/mol. The molecule has 0 atom stereocenters. The molecule has 1 aliphatic heterocycles. The summed E-state index contributed by atoms with van der Waals surface area (Å²) in [4.78, 5) is 25.1. The number of alkyl halides is 3. The Kier molecular flexibility index (Phi) is 6.16. The van der Waals surface area contributed by atoms with Crippen LogP contribution in [0, 0.1) is 6.92 Å². The molecule has 6 nitrogen and oxygen atoms in total. The number of nitrogens with one attached hydrogen (secondary N) is 1. The number of anilines is 2. The van der Waals surface area contributed by atoms with Gasteiger partial charge in [-0.15, -0.1) is 0 Å². The highest BCUT2D eigenvalue weighted by Crippen LogP contribution is 2.35. The maximum Gasteiger partial charge on any atom is 0.417 e. The molecule has 29 heavy (non-hydrogen) atoms. The van der Waals surface area contributed by atoms with Gasteiger partial charge in [0.25, 0.3) is 5.91 Å². The molecule has 0 radical (unpaired) electrons. The molecule has 0 bridgehead atoms. The van der Waals surface area contributed by atoms with E-state index in [-0.39, 0.29) is 5.56 Å². The molecule has 1 fully saturated rings. The molecule has 2 heterocycles. The highest BCUT2D eigenvalue weighted by atomic mass is 35.5. The molecule has 10 heteroatoms. The monoisotopic (exact) mass is 427 g/mol. The van der Waals surface area contributed by atoms with Gasteiger partial charge in [0.2, 0.25) is 5.95 Å². The summed E-state index contributed by atoms with van der Waals surface area (Å²) < 4.78 is 39.2. The molecule has 0 saturated carbocycles. The van der Waals surface area contributed by atoms with Gasteiger partial charge in [0.1, 0.15) is 5.82 Å². The molecule has 1 amide bonds. The van der Waals surface area contributed by atoms with Crippen molar-refractivity contribution in [3.8, 4) is 0 Å². The lowest BCUT2D eigenvalue weighted by Crippen LogP contribution is -2.49. The van der Waals surface area contributed by atoms with Gasteiger partial charge < -0.3 is 15.1 Å². The van der Waals surface area contributed by atoms with Crippen LogP contribution in [-0.4, -0.2) is 53.5 Å². The van der Waals surface area contributed by atoms with E-state index in [0.717, 1.165) is 23.6 Å². The number of hydrogen-bond acceptors (Lipinski definition) is 5. The van der Waals surface area contributed by atoms with Crippen LogP contribution < -0.4 is 10.2 Å². The highest BCUT2D eigenvalue weighted by Gasteiger charge is 2.34. The minimum Gasteiger partial charge on any atom is -0.354 e. The summed E-state index contributed by atoms with van der Waals surface area (Å²) in [7, 11) is 0. The number of rotatable bonds is 4. The largest absolute Gasteiger partial charge is 0.417 e. The molecule has 1 aromatic heterocycles. The van der Waals surface area contributed by atoms with E-state index in [9.17, 15) is 18.0 Å². The first-order valence-electron chi connectivity index (χ1n) is 9.19. The Hall–Kier alpha value is -2.55. The van der Waals surface area contributed by atoms with Gasteiger partial charge in [0, 0.05) is 50.0 Å². The molecule has 0 aliphatic carbocycles. The number of nitrogens with zero attached hydrogens (tertiary/aromatic N) is 4. The second-order valence-electron chi connectivity index (χ2n) is 6.69. The molecule has 1 aromatic carbocycles. The fourth-order valence-corrected chi connectivity index (χ4v) is 3.37. The summed E-state index contributed by atoms with van der Waals surface area (Å²) in [5.74, 6) is 0.854. The molecule has 2 aromatic rings. The van der Waals surface area contributed by atoms with Crippen LogP contribution in [0.5, 0.6) is 0 Å². The number of hydrogen-bond donors (Lipinski definition) is 1. The zero-order valence-corrected chi connectivity index (χ0v) is 16.8. The van der Waals surface area contributed by atoms with Crippen molar-refractivity contribution in [2.45, 2.75) is 20.0 Å². The number of piperazine rings is 1. The van der Waals surface area contributed by atoms with Crippen molar-refractivity contribution in [3.05, 3.63) is 46.1 Å². The number of aryl methyl sites for hydroxylation is 1. The van der Waals surface area contributed by atoms with Crippen molar-refractivity contribution in [2.24, 2.45) is 0 Å². The predicted octanol–water partition coefficient (Wildman–Crippen LogP) is 3.85. The Bertz CT molecular complexity index is 898. The van der Waals surface area contributed by atoms with Crippen molar-refractivity contribution < 1.29 is 18.0 Å². The van der Waals surface area contributed by atoms with E-state index >= 15 is 0 Å². The van der Waals surface area contributed by atoms with Crippen molar-refractivity contribution in [1.29, 1.82) is 0 Å². The Morgan fingerprint density at radius 1 is 1.17 bits per heavy atom. The standard InChI is InChI=1S/C19H21ClF3N5O/c1-3-24-18-25-12(2)10-16(26-18)27-6-8-28(9-7-27)17(29)13-4-5-15(20)14(11-13)19(21,22)23/h4-5,10-11H,3,6-9H2,1-2H3,(H,24,25,26). The third-order valence-electron chi connectivity index (χ3n) is 4.59. The van der Waals surface area contributed by atoms with Crippen LogP contribution >= 0.6 is 11.6 Å². The van der Waals surface area contributed by atoms with E-state index in [2.05, 4.69) is 15.3 Å².